The van der Waals surface area contributed by atoms with Crippen molar-refractivity contribution in [3.05, 3.63) is 60.0 Å². The number of hydrogen-bond donors (Lipinski definition) is 1. The summed E-state index contributed by atoms with van der Waals surface area (Å²) in [5.41, 5.74) is 0.158. The van der Waals surface area contributed by atoms with Gasteiger partial charge in [0.1, 0.15) is 11.3 Å². The van der Waals surface area contributed by atoms with Gasteiger partial charge in [0.2, 0.25) is 0 Å². The molecule has 1 aliphatic rings. The number of carbonyl (C=O) groups excluding carboxylic acids is 1. The van der Waals surface area contributed by atoms with Crippen molar-refractivity contribution in [1.82, 2.24) is 25.3 Å². The lowest BCUT2D eigenvalue weighted by Crippen LogP contribution is -2.49. The molecule has 0 saturated carbocycles. The number of alkyl halides is 3. The van der Waals surface area contributed by atoms with Gasteiger partial charge in [-0.25, -0.2) is 0 Å². The van der Waals surface area contributed by atoms with Crippen LogP contribution in [0.2, 0.25) is 0 Å². The molecule has 164 valence electrons. The molecule has 0 unspecified atom stereocenters. The predicted octanol–water partition coefficient (Wildman–Crippen LogP) is 3.59. The number of amides is 1. The van der Waals surface area contributed by atoms with Crippen LogP contribution >= 0.6 is 0 Å². The molecule has 1 saturated heterocycles. The monoisotopic (exact) mass is 442 g/mol. The Labute approximate surface area is 179 Å². The van der Waals surface area contributed by atoms with E-state index in [2.05, 4.69) is 20.4 Å². The lowest BCUT2D eigenvalue weighted by Gasteiger charge is -2.35. The zero-order valence-corrected chi connectivity index (χ0v) is 16.6. The van der Waals surface area contributed by atoms with E-state index in [4.69, 9.17) is 4.42 Å². The zero-order valence-electron chi connectivity index (χ0n) is 16.6. The van der Waals surface area contributed by atoms with Crippen LogP contribution in [0.1, 0.15) is 16.1 Å². The van der Waals surface area contributed by atoms with Crippen molar-refractivity contribution < 1.29 is 22.4 Å². The smallest absolute Gasteiger partial charge is 0.420 e. The molecular weight excluding hydrogens is 425 g/mol. The summed E-state index contributed by atoms with van der Waals surface area (Å²) in [6.45, 7) is 0.843. The third-order valence-corrected chi connectivity index (χ3v) is 5.39. The Morgan fingerprint density at radius 3 is 2.53 bits per heavy atom. The number of aromatic nitrogens is 4. The molecule has 0 atom stereocenters. The number of benzene rings is 1. The normalized spacial score (nSPS) is 14.8. The van der Waals surface area contributed by atoms with E-state index in [1.165, 1.54) is 17.2 Å². The quantitative estimate of drug-likeness (QED) is 0.522. The Balaban J connectivity index is 1.36. The Bertz CT molecular complexity index is 1260. The van der Waals surface area contributed by atoms with Gasteiger partial charge in [0.05, 0.1) is 11.8 Å². The van der Waals surface area contributed by atoms with Crippen LogP contribution in [0.25, 0.3) is 22.4 Å². The maximum atomic E-state index is 13.8. The minimum absolute atomic E-state index is 0.00491. The van der Waals surface area contributed by atoms with Crippen LogP contribution in [0, 0.1) is 0 Å². The molecule has 1 aliphatic heterocycles. The van der Waals surface area contributed by atoms with E-state index in [-0.39, 0.29) is 49.4 Å². The Morgan fingerprint density at radius 2 is 1.81 bits per heavy atom. The fourth-order valence-electron chi connectivity index (χ4n) is 3.77. The van der Waals surface area contributed by atoms with Crippen molar-refractivity contribution in [2.45, 2.75) is 6.18 Å². The fraction of sp³-hybridized carbons (Fsp3) is 0.238. The summed E-state index contributed by atoms with van der Waals surface area (Å²) >= 11 is 0. The minimum Gasteiger partial charge on any atom is -0.463 e. The van der Waals surface area contributed by atoms with E-state index in [1.54, 1.807) is 17.0 Å². The van der Waals surface area contributed by atoms with Crippen LogP contribution in [0.15, 0.2) is 53.1 Å². The van der Waals surface area contributed by atoms with Crippen LogP contribution in [0.4, 0.5) is 19.0 Å². The van der Waals surface area contributed by atoms with Crippen LogP contribution in [0.5, 0.6) is 0 Å². The second kappa shape index (κ2) is 7.66. The van der Waals surface area contributed by atoms with E-state index in [0.717, 1.165) is 11.6 Å². The fourth-order valence-corrected chi connectivity index (χ4v) is 3.77. The molecule has 1 fully saturated rings. The average Bonchev–Trinajstić information content (AvgIpc) is 3.48. The summed E-state index contributed by atoms with van der Waals surface area (Å²) in [6, 6.07) is 11.3. The predicted molar refractivity (Wildman–Crippen MR) is 109 cm³/mol. The summed E-state index contributed by atoms with van der Waals surface area (Å²) in [7, 11) is 0. The van der Waals surface area contributed by atoms with Crippen LogP contribution in [-0.4, -0.2) is 57.4 Å². The van der Waals surface area contributed by atoms with E-state index in [9.17, 15) is 18.0 Å². The number of anilines is 1. The van der Waals surface area contributed by atoms with Gasteiger partial charge in [-0.05, 0) is 24.3 Å². The van der Waals surface area contributed by atoms with Crippen LogP contribution in [0.3, 0.4) is 0 Å². The van der Waals surface area contributed by atoms with Crippen molar-refractivity contribution in [2.24, 2.45) is 0 Å². The van der Waals surface area contributed by atoms with Gasteiger partial charge >= 0.3 is 6.18 Å². The number of H-pyrrole nitrogens is 1. The summed E-state index contributed by atoms with van der Waals surface area (Å²) in [6.07, 6.45) is -3.26. The highest BCUT2D eigenvalue weighted by atomic mass is 19.4. The van der Waals surface area contributed by atoms with Gasteiger partial charge in [-0.1, -0.05) is 18.2 Å². The number of halogens is 3. The van der Waals surface area contributed by atoms with Crippen molar-refractivity contribution in [3.8, 4) is 11.5 Å². The van der Waals surface area contributed by atoms with Crippen LogP contribution in [-0.2, 0) is 6.18 Å². The average molecular weight is 442 g/mol. The highest BCUT2D eigenvalue weighted by Crippen LogP contribution is 2.37. The molecule has 3 aromatic heterocycles. The lowest BCUT2D eigenvalue weighted by molar-refractivity contribution is -0.137. The van der Waals surface area contributed by atoms with E-state index in [0.29, 0.717) is 11.1 Å². The molecule has 0 spiro atoms. The number of para-hydroxylation sites is 1. The third-order valence-electron chi connectivity index (χ3n) is 5.39. The maximum absolute atomic E-state index is 13.8. The topological polar surface area (TPSA) is 91.2 Å². The molecule has 1 N–H and O–H groups in total. The van der Waals surface area contributed by atoms with Gasteiger partial charge in [0.25, 0.3) is 5.91 Å². The Morgan fingerprint density at radius 1 is 1.03 bits per heavy atom. The molecule has 8 nitrogen and oxygen atoms in total. The maximum Gasteiger partial charge on any atom is 0.420 e. The summed E-state index contributed by atoms with van der Waals surface area (Å²) < 4.78 is 46.4. The van der Waals surface area contributed by atoms with E-state index >= 15 is 0 Å². The molecule has 4 heterocycles. The molecule has 1 aromatic carbocycles. The molecule has 4 aromatic rings. The lowest BCUT2D eigenvalue weighted by atomic mass is 10.1. The van der Waals surface area contributed by atoms with Gasteiger partial charge in [0.15, 0.2) is 17.3 Å². The number of carbonyl (C=O) groups is 1. The first-order chi connectivity index (χ1) is 15.4. The molecule has 1 amide bonds. The third kappa shape index (κ3) is 3.55. The number of nitrogens with one attached hydrogen (secondary N) is 1. The first-order valence-electron chi connectivity index (χ1n) is 9.88. The van der Waals surface area contributed by atoms with Gasteiger partial charge in [-0.2, -0.15) is 18.3 Å². The molecule has 0 aliphatic carbocycles. The molecular formula is C21H17F3N6O2. The van der Waals surface area contributed by atoms with Crippen molar-refractivity contribution >= 4 is 22.6 Å². The first-order valence-corrected chi connectivity index (χ1v) is 9.88. The minimum atomic E-state index is -4.62. The highest BCUT2D eigenvalue weighted by molar-refractivity contribution is 6.04. The Hall–Kier alpha value is -3.89. The number of hydrogen-bond acceptors (Lipinski definition) is 6. The standard InChI is InChI=1S/C21H17F3N6O2/c22-21(23,24)14-12-16(17-6-3-11-32-17)26-28-19(14)29-7-9-30(10-8-29)20(31)18-13-4-1-2-5-15(13)25-27-18/h1-6,11-12H,7-10H2,(H,25,27). The van der Waals surface area contributed by atoms with Gasteiger partial charge in [0, 0.05) is 31.6 Å². The Kier molecular flexibility index (Phi) is 4.80. The zero-order chi connectivity index (χ0) is 22.3. The van der Waals surface area contributed by atoms with Crippen LogP contribution < -0.4 is 4.90 Å². The molecule has 11 heteroatoms. The number of furan rings is 1. The largest absolute Gasteiger partial charge is 0.463 e. The van der Waals surface area contributed by atoms with Gasteiger partial charge < -0.3 is 14.2 Å². The number of rotatable bonds is 3. The summed E-state index contributed by atoms with van der Waals surface area (Å²) in [5.74, 6) is -0.321. The highest BCUT2D eigenvalue weighted by Gasteiger charge is 2.38. The summed E-state index contributed by atoms with van der Waals surface area (Å²) in [5, 5.41) is 15.4. The number of nitrogens with zero attached hydrogens (tertiary/aromatic N) is 5. The second-order valence-electron chi connectivity index (χ2n) is 7.34. The van der Waals surface area contributed by atoms with E-state index in [1.807, 2.05) is 18.2 Å². The SMILES string of the molecule is O=C(c1n[nH]c2ccccc12)N1CCN(c2nnc(-c3ccco3)cc2C(F)(F)F)CC1. The first kappa shape index (κ1) is 20.0. The van der Waals surface area contributed by atoms with Crippen molar-refractivity contribution in [3.63, 3.8) is 0 Å². The van der Waals surface area contributed by atoms with Gasteiger partial charge in [-0.3, -0.25) is 9.89 Å². The van der Waals surface area contributed by atoms with E-state index < -0.39 is 11.7 Å². The van der Waals surface area contributed by atoms with Gasteiger partial charge in [-0.15, -0.1) is 10.2 Å². The van der Waals surface area contributed by atoms with Crippen molar-refractivity contribution in [1.29, 1.82) is 0 Å². The number of piperazine rings is 1. The number of fused-ring (bicyclic) bond motifs is 1. The molecule has 0 radical (unpaired) electrons. The molecule has 0 bridgehead atoms. The second-order valence-corrected chi connectivity index (χ2v) is 7.34. The summed E-state index contributed by atoms with van der Waals surface area (Å²) in [4.78, 5) is 16.0. The molecule has 32 heavy (non-hydrogen) atoms. The van der Waals surface area contributed by atoms with Crippen molar-refractivity contribution in [2.75, 3.05) is 31.1 Å². The molecule has 5 rings (SSSR count). The number of aromatic amines is 1.